The molecule has 7 nitrogen and oxygen atoms in total. The molecule has 0 spiro atoms. The van der Waals surface area contributed by atoms with Crippen LogP contribution < -0.4 is 0 Å². The van der Waals surface area contributed by atoms with Crippen LogP contribution in [0.5, 0.6) is 0 Å². The largest absolute Gasteiger partial charge is 0.480 e. The topological polar surface area (TPSA) is 101 Å². The van der Waals surface area contributed by atoms with Gasteiger partial charge in [-0.2, -0.15) is 0 Å². The van der Waals surface area contributed by atoms with Gasteiger partial charge in [0.1, 0.15) is 12.1 Å². The zero-order valence-corrected chi connectivity index (χ0v) is 12.3. The molecule has 1 aromatic rings. The lowest BCUT2D eigenvalue weighted by Crippen LogP contribution is -2.38. The van der Waals surface area contributed by atoms with Gasteiger partial charge in [0.2, 0.25) is 0 Å². The fourth-order valence-corrected chi connectivity index (χ4v) is 2.00. The number of nitro groups is 1. The van der Waals surface area contributed by atoms with Gasteiger partial charge < -0.3 is 10.0 Å². The number of hydrogen-bond donors (Lipinski definition) is 1. The van der Waals surface area contributed by atoms with Crippen molar-refractivity contribution in [2.75, 3.05) is 13.1 Å². The van der Waals surface area contributed by atoms with E-state index in [0.717, 1.165) is 11.0 Å². The average molecular weight is 315 g/mol. The van der Waals surface area contributed by atoms with Crippen LogP contribution in [0.2, 0.25) is 5.02 Å². The molecule has 21 heavy (non-hydrogen) atoms. The lowest BCUT2D eigenvalue weighted by atomic mass is 10.1. The highest BCUT2D eigenvalue weighted by Crippen LogP contribution is 2.24. The number of halogens is 1. The second-order valence-electron chi connectivity index (χ2n) is 4.89. The first kappa shape index (κ1) is 16.9. The molecule has 114 valence electrons. The van der Waals surface area contributed by atoms with E-state index in [1.54, 1.807) is 0 Å². The van der Waals surface area contributed by atoms with Crippen LogP contribution in [0.25, 0.3) is 0 Å². The maximum absolute atomic E-state index is 12.4. The number of aliphatic carboxylic acids is 1. The second kappa shape index (κ2) is 7.03. The van der Waals surface area contributed by atoms with E-state index in [2.05, 4.69) is 0 Å². The Balaban J connectivity index is 3.19. The third-order valence-electron chi connectivity index (χ3n) is 2.59. The number of nitro benzene ring substituents is 1. The standard InChI is InChI=1S/C13H15ClN2O5/c1-8(2)6-15(7-12(17)18)13(19)10-4-3-9(14)5-11(10)16(20)21/h3-5,8H,6-7H2,1-2H3,(H,17,18). The van der Waals surface area contributed by atoms with E-state index in [1.165, 1.54) is 12.1 Å². The molecule has 8 heteroatoms. The molecule has 0 unspecified atom stereocenters. The fraction of sp³-hybridized carbons (Fsp3) is 0.385. The van der Waals surface area contributed by atoms with Crippen molar-refractivity contribution < 1.29 is 19.6 Å². The zero-order valence-electron chi connectivity index (χ0n) is 11.6. The zero-order chi connectivity index (χ0) is 16.2. The molecule has 1 N–H and O–H groups in total. The quantitative estimate of drug-likeness (QED) is 0.642. The fourth-order valence-electron chi connectivity index (χ4n) is 1.83. The molecular weight excluding hydrogens is 300 g/mol. The number of amides is 1. The van der Waals surface area contributed by atoms with Crippen LogP contribution in [0.4, 0.5) is 5.69 Å². The number of carboxylic acids is 1. The summed E-state index contributed by atoms with van der Waals surface area (Å²) < 4.78 is 0. The third kappa shape index (κ3) is 4.71. The van der Waals surface area contributed by atoms with Crippen LogP contribution in [-0.2, 0) is 4.79 Å². The molecule has 0 radical (unpaired) electrons. The summed E-state index contributed by atoms with van der Waals surface area (Å²) in [6.07, 6.45) is 0. The van der Waals surface area contributed by atoms with Gasteiger partial charge in [0.15, 0.2) is 0 Å². The van der Waals surface area contributed by atoms with Crippen molar-refractivity contribution in [1.82, 2.24) is 4.90 Å². The summed E-state index contributed by atoms with van der Waals surface area (Å²) in [6, 6.07) is 3.66. The molecule has 0 bridgehead atoms. The molecule has 0 aromatic heterocycles. The van der Waals surface area contributed by atoms with Crippen LogP contribution in [0.1, 0.15) is 24.2 Å². The molecule has 1 rings (SSSR count). The molecule has 0 aliphatic heterocycles. The Morgan fingerprint density at radius 3 is 2.52 bits per heavy atom. The van der Waals surface area contributed by atoms with Gasteiger partial charge in [-0.05, 0) is 18.1 Å². The highest BCUT2D eigenvalue weighted by atomic mass is 35.5. The van der Waals surface area contributed by atoms with Crippen molar-refractivity contribution in [3.63, 3.8) is 0 Å². The summed E-state index contributed by atoms with van der Waals surface area (Å²) in [5.74, 6) is -1.85. The van der Waals surface area contributed by atoms with Crippen LogP contribution in [0, 0.1) is 16.0 Å². The first-order valence-electron chi connectivity index (χ1n) is 6.17. The summed E-state index contributed by atoms with van der Waals surface area (Å²) in [5.41, 5.74) is -0.613. The van der Waals surface area contributed by atoms with E-state index in [4.69, 9.17) is 16.7 Å². The Labute approximate surface area is 126 Å². The minimum Gasteiger partial charge on any atom is -0.480 e. The maximum Gasteiger partial charge on any atom is 0.323 e. The predicted molar refractivity (Wildman–Crippen MR) is 76.5 cm³/mol. The first-order valence-corrected chi connectivity index (χ1v) is 6.55. The van der Waals surface area contributed by atoms with E-state index in [9.17, 15) is 19.7 Å². The average Bonchev–Trinajstić information content (AvgIpc) is 2.35. The van der Waals surface area contributed by atoms with Crippen molar-refractivity contribution in [2.24, 2.45) is 5.92 Å². The lowest BCUT2D eigenvalue weighted by molar-refractivity contribution is -0.385. The summed E-state index contributed by atoms with van der Waals surface area (Å²) in [6.45, 7) is 3.30. The summed E-state index contributed by atoms with van der Waals surface area (Å²) in [7, 11) is 0. The SMILES string of the molecule is CC(C)CN(CC(=O)O)C(=O)c1ccc(Cl)cc1[N+](=O)[O-]. The molecule has 0 heterocycles. The first-order chi connectivity index (χ1) is 9.72. The van der Waals surface area contributed by atoms with Gasteiger partial charge in [-0.1, -0.05) is 25.4 Å². The molecule has 0 aliphatic carbocycles. The molecular formula is C13H15ClN2O5. The number of carbonyl (C=O) groups excluding carboxylic acids is 1. The van der Waals surface area contributed by atoms with Crippen molar-refractivity contribution >= 4 is 29.2 Å². The Hall–Kier alpha value is -2.15. The van der Waals surface area contributed by atoms with Crippen LogP contribution in [0.15, 0.2) is 18.2 Å². The normalized spacial score (nSPS) is 10.5. The summed E-state index contributed by atoms with van der Waals surface area (Å²) in [5, 5.41) is 20.0. The molecule has 0 fully saturated rings. The molecule has 0 saturated heterocycles. The van der Waals surface area contributed by atoms with Crippen molar-refractivity contribution in [1.29, 1.82) is 0 Å². The van der Waals surface area contributed by atoms with Crippen LogP contribution in [-0.4, -0.2) is 39.9 Å². The highest BCUT2D eigenvalue weighted by molar-refractivity contribution is 6.31. The number of carboxylic acid groups (broad SMARTS) is 1. The Morgan fingerprint density at radius 1 is 1.43 bits per heavy atom. The van der Waals surface area contributed by atoms with Crippen molar-refractivity contribution in [3.05, 3.63) is 38.9 Å². The van der Waals surface area contributed by atoms with E-state index in [-0.39, 0.29) is 23.0 Å². The van der Waals surface area contributed by atoms with Crippen molar-refractivity contribution in [2.45, 2.75) is 13.8 Å². The van der Waals surface area contributed by atoms with Crippen molar-refractivity contribution in [3.8, 4) is 0 Å². The molecule has 1 amide bonds. The minimum absolute atomic E-state index is 0.0275. The molecule has 0 aliphatic rings. The second-order valence-corrected chi connectivity index (χ2v) is 5.33. The number of benzene rings is 1. The van der Waals surface area contributed by atoms with E-state index in [0.29, 0.717) is 0 Å². The Bertz CT molecular complexity index is 574. The number of carbonyl (C=O) groups is 2. The molecule has 1 aromatic carbocycles. The lowest BCUT2D eigenvalue weighted by Gasteiger charge is -2.22. The third-order valence-corrected chi connectivity index (χ3v) is 2.82. The maximum atomic E-state index is 12.4. The number of hydrogen-bond acceptors (Lipinski definition) is 4. The molecule has 0 saturated carbocycles. The Kier molecular flexibility index (Phi) is 5.66. The van der Waals surface area contributed by atoms with E-state index < -0.39 is 29.0 Å². The van der Waals surface area contributed by atoms with Gasteiger partial charge >= 0.3 is 5.97 Å². The smallest absolute Gasteiger partial charge is 0.323 e. The number of nitrogens with zero attached hydrogens (tertiary/aromatic N) is 2. The van der Waals surface area contributed by atoms with Gasteiger partial charge in [-0.15, -0.1) is 0 Å². The van der Waals surface area contributed by atoms with Crippen LogP contribution >= 0.6 is 11.6 Å². The van der Waals surface area contributed by atoms with Crippen LogP contribution in [0.3, 0.4) is 0 Å². The predicted octanol–water partition coefficient (Wildman–Crippen LogP) is 2.43. The van der Waals surface area contributed by atoms with Gasteiger partial charge in [0, 0.05) is 17.6 Å². The minimum atomic E-state index is -1.18. The summed E-state index contributed by atoms with van der Waals surface area (Å²) in [4.78, 5) is 34.6. The highest BCUT2D eigenvalue weighted by Gasteiger charge is 2.26. The van der Waals surface area contributed by atoms with E-state index in [1.807, 2.05) is 13.8 Å². The number of rotatable bonds is 6. The van der Waals surface area contributed by atoms with Gasteiger partial charge in [-0.3, -0.25) is 19.7 Å². The van der Waals surface area contributed by atoms with Gasteiger partial charge in [0.05, 0.1) is 4.92 Å². The Morgan fingerprint density at radius 2 is 2.05 bits per heavy atom. The van der Waals surface area contributed by atoms with Gasteiger partial charge in [-0.25, -0.2) is 0 Å². The summed E-state index contributed by atoms with van der Waals surface area (Å²) >= 11 is 5.69. The molecule has 0 atom stereocenters. The monoisotopic (exact) mass is 314 g/mol. The van der Waals surface area contributed by atoms with Gasteiger partial charge in [0.25, 0.3) is 11.6 Å². The van der Waals surface area contributed by atoms with E-state index >= 15 is 0 Å².